The van der Waals surface area contributed by atoms with E-state index in [1.807, 2.05) is 42.5 Å². The van der Waals surface area contributed by atoms with Crippen molar-refractivity contribution in [3.63, 3.8) is 0 Å². The molecule has 0 spiro atoms. The van der Waals surface area contributed by atoms with Gasteiger partial charge in [0.15, 0.2) is 16.8 Å². The van der Waals surface area contributed by atoms with Gasteiger partial charge in [-0.3, -0.25) is 21.0 Å². The second-order valence-corrected chi connectivity index (χ2v) is 7.40. The van der Waals surface area contributed by atoms with Crippen molar-refractivity contribution in [2.45, 2.75) is 0 Å². The Labute approximate surface area is 178 Å². The van der Waals surface area contributed by atoms with Gasteiger partial charge in [0.1, 0.15) is 5.75 Å². The maximum absolute atomic E-state index is 11.9. The SMILES string of the molecule is O=C(COc1ccc(Br)cc1Br)NC(=S)NNC(=S)Nc1ccccc1. The van der Waals surface area contributed by atoms with Gasteiger partial charge in [-0.1, -0.05) is 34.1 Å². The molecule has 26 heavy (non-hydrogen) atoms. The minimum atomic E-state index is -0.402. The molecule has 0 aliphatic heterocycles. The van der Waals surface area contributed by atoms with E-state index >= 15 is 0 Å². The van der Waals surface area contributed by atoms with Crippen LogP contribution in [0.3, 0.4) is 0 Å². The summed E-state index contributed by atoms with van der Waals surface area (Å²) in [4.78, 5) is 11.9. The maximum atomic E-state index is 11.9. The smallest absolute Gasteiger partial charge is 0.264 e. The van der Waals surface area contributed by atoms with Crippen LogP contribution >= 0.6 is 56.3 Å². The molecule has 0 atom stereocenters. The Morgan fingerprint density at radius 3 is 2.38 bits per heavy atom. The summed E-state index contributed by atoms with van der Waals surface area (Å²) in [7, 11) is 0. The van der Waals surface area contributed by atoms with Gasteiger partial charge >= 0.3 is 0 Å². The van der Waals surface area contributed by atoms with Gasteiger partial charge in [-0.2, -0.15) is 0 Å². The number of halogens is 2. The predicted octanol–water partition coefficient (Wildman–Crippen LogP) is 3.48. The molecule has 0 aliphatic carbocycles. The summed E-state index contributed by atoms with van der Waals surface area (Å²) < 4.78 is 7.07. The highest BCUT2D eigenvalue weighted by molar-refractivity contribution is 9.11. The van der Waals surface area contributed by atoms with Crippen LogP contribution in [0.25, 0.3) is 0 Å². The number of carbonyl (C=O) groups excluding carboxylic acids is 1. The highest BCUT2D eigenvalue weighted by atomic mass is 79.9. The number of benzene rings is 2. The lowest BCUT2D eigenvalue weighted by Crippen LogP contribution is -2.50. The molecule has 0 saturated carbocycles. The van der Waals surface area contributed by atoms with Gasteiger partial charge in [-0.25, -0.2) is 0 Å². The van der Waals surface area contributed by atoms with Gasteiger partial charge in [-0.05, 0) is 70.7 Å². The highest BCUT2D eigenvalue weighted by Crippen LogP contribution is 2.27. The molecule has 2 aromatic rings. The summed E-state index contributed by atoms with van der Waals surface area (Å²) in [5.74, 6) is 0.148. The summed E-state index contributed by atoms with van der Waals surface area (Å²) >= 11 is 16.8. The van der Waals surface area contributed by atoms with Gasteiger partial charge < -0.3 is 10.1 Å². The van der Waals surface area contributed by atoms with Gasteiger partial charge in [0.25, 0.3) is 5.91 Å². The van der Waals surface area contributed by atoms with Crippen molar-refractivity contribution in [2.24, 2.45) is 0 Å². The fraction of sp³-hybridized carbons (Fsp3) is 0.0625. The number of amides is 1. The van der Waals surface area contributed by atoms with Crippen molar-refractivity contribution in [1.82, 2.24) is 16.2 Å². The third-order valence-electron chi connectivity index (χ3n) is 2.83. The molecule has 0 fully saturated rings. The van der Waals surface area contributed by atoms with E-state index in [1.54, 1.807) is 6.07 Å². The Morgan fingerprint density at radius 2 is 1.69 bits per heavy atom. The molecule has 0 bridgehead atoms. The molecule has 136 valence electrons. The molecular formula is C16H14Br2N4O2S2. The molecule has 1 amide bonds. The second kappa shape index (κ2) is 10.4. The minimum Gasteiger partial charge on any atom is -0.483 e. The average Bonchev–Trinajstić information content (AvgIpc) is 2.60. The average molecular weight is 518 g/mol. The molecule has 0 unspecified atom stereocenters. The predicted molar refractivity (Wildman–Crippen MR) is 117 cm³/mol. The molecular weight excluding hydrogens is 504 g/mol. The lowest BCUT2D eigenvalue weighted by Gasteiger charge is -2.14. The van der Waals surface area contributed by atoms with Crippen LogP contribution in [0.2, 0.25) is 0 Å². The van der Waals surface area contributed by atoms with Gasteiger partial charge in [-0.15, -0.1) is 0 Å². The summed E-state index contributed by atoms with van der Waals surface area (Å²) in [6, 6.07) is 14.8. The lowest BCUT2D eigenvalue weighted by atomic mass is 10.3. The highest BCUT2D eigenvalue weighted by Gasteiger charge is 2.08. The lowest BCUT2D eigenvalue weighted by molar-refractivity contribution is -0.121. The van der Waals surface area contributed by atoms with Crippen molar-refractivity contribution in [1.29, 1.82) is 0 Å². The number of carbonyl (C=O) groups is 1. The number of hydrogen-bond donors (Lipinski definition) is 4. The molecule has 10 heteroatoms. The van der Waals surface area contributed by atoms with Crippen LogP contribution in [0.15, 0.2) is 57.5 Å². The van der Waals surface area contributed by atoms with Crippen LogP contribution in [0.1, 0.15) is 0 Å². The first-order valence-corrected chi connectivity index (χ1v) is 9.64. The zero-order valence-corrected chi connectivity index (χ0v) is 18.0. The molecule has 6 nitrogen and oxygen atoms in total. The van der Waals surface area contributed by atoms with Crippen molar-refractivity contribution in [3.05, 3.63) is 57.5 Å². The van der Waals surface area contributed by atoms with Gasteiger partial charge in [0, 0.05) is 10.2 Å². The molecule has 0 aromatic heterocycles. The maximum Gasteiger partial charge on any atom is 0.264 e. The van der Waals surface area contributed by atoms with E-state index < -0.39 is 5.91 Å². The summed E-state index contributed by atoms with van der Waals surface area (Å²) in [5, 5.41) is 5.82. The number of ether oxygens (including phenoxy) is 1. The first-order valence-electron chi connectivity index (χ1n) is 7.24. The topological polar surface area (TPSA) is 74.4 Å². The van der Waals surface area contributed by atoms with Crippen LogP contribution in [0.4, 0.5) is 5.69 Å². The van der Waals surface area contributed by atoms with Crippen LogP contribution in [0, 0.1) is 0 Å². The van der Waals surface area contributed by atoms with Gasteiger partial charge in [0.2, 0.25) is 0 Å². The van der Waals surface area contributed by atoms with Crippen molar-refractivity contribution < 1.29 is 9.53 Å². The van der Waals surface area contributed by atoms with E-state index in [2.05, 4.69) is 53.3 Å². The number of rotatable bonds is 4. The molecule has 0 aliphatic rings. The Kier molecular flexibility index (Phi) is 8.23. The molecule has 4 N–H and O–H groups in total. The molecule has 2 rings (SSSR count). The van der Waals surface area contributed by atoms with Gasteiger partial charge in [0.05, 0.1) is 4.47 Å². The monoisotopic (exact) mass is 516 g/mol. The Hall–Kier alpha value is -1.75. The van der Waals surface area contributed by atoms with E-state index in [4.69, 9.17) is 29.2 Å². The first kappa shape index (κ1) is 20.6. The largest absolute Gasteiger partial charge is 0.483 e. The van der Waals surface area contributed by atoms with E-state index in [0.29, 0.717) is 10.9 Å². The fourth-order valence-electron chi connectivity index (χ4n) is 1.73. The Bertz CT molecular complexity index is 806. The molecule has 0 heterocycles. The van der Waals surface area contributed by atoms with Crippen molar-refractivity contribution in [2.75, 3.05) is 11.9 Å². The standard InChI is InChI=1S/C16H14Br2N4O2S2/c17-10-6-7-13(12(18)8-10)24-9-14(23)20-16(26)22-21-15(25)19-11-4-2-1-3-5-11/h1-8H,9H2,(H2,19,21,25)(H2,20,22,23,26). The summed E-state index contributed by atoms with van der Waals surface area (Å²) in [6.45, 7) is -0.186. The number of anilines is 1. The number of hydrogen-bond acceptors (Lipinski definition) is 4. The van der Waals surface area contributed by atoms with E-state index in [9.17, 15) is 4.79 Å². The van der Waals surface area contributed by atoms with Crippen LogP contribution in [-0.2, 0) is 4.79 Å². The molecule has 0 saturated heterocycles. The van der Waals surface area contributed by atoms with Crippen LogP contribution < -0.4 is 26.2 Å². The second-order valence-electron chi connectivity index (χ2n) is 4.81. The van der Waals surface area contributed by atoms with Crippen molar-refractivity contribution >= 4 is 78.1 Å². The molecule has 0 radical (unpaired) electrons. The number of para-hydroxylation sites is 1. The summed E-state index contributed by atoms with van der Waals surface area (Å²) in [5.41, 5.74) is 6.14. The zero-order chi connectivity index (χ0) is 18.9. The summed E-state index contributed by atoms with van der Waals surface area (Å²) in [6.07, 6.45) is 0. The van der Waals surface area contributed by atoms with Crippen molar-refractivity contribution in [3.8, 4) is 5.75 Å². The number of thiocarbonyl (C=S) groups is 2. The number of hydrazine groups is 1. The quantitative estimate of drug-likeness (QED) is 0.365. The first-order chi connectivity index (χ1) is 12.4. The Morgan fingerprint density at radius 1 is 1.00 bits per heavy atom. The van der Waals surface area contributed by atoms with Crippen LogP contribution in [0.5, 0.6) is 5.75 Å². The van der Waals surface area contributed by atoms with E-state index in [-0.39, 0.29) is 11.7 Å². The van der Waals surface area contributed by atoms with E-state index in [0.717, 1.165) is 14.6 Å². The van der Waals surface area contributed by atoms with E-state index in [1.165, 1.54) is 0 Å². The minimum absolute atomic E-state index is 0.0747. The zero-order valence-electron chi connectivity index (χ0n) is 13.2. The van der Waals surface area contributed by atoms with Crippen LogP contribution in [-0.4, -0.2) is 22.7 Å². The number of nitrogens with one attached hydrogen (secondary N) is 4. The third-order valence-corrected chi connectivity index (χ3v) is 4.35. The normalized spacial score (nSPS) is 9.77. The fourth-order valence-corrected chi connectivity index (χ4v) is 3.22. The molecule has 2 aromatic carbocycles. The Balaban J connectivity index is 1.70. The third kappa shape index (κ3) is 7.24.